The molecule has 9 heavy (non-hydrogen) atoms. The van der Waals surface area contributed by atoms with Crippen molar-refractivity contribution in [2.75, 3.05) is 5.75 Å². The molecule has 0 saturated heterocycles. The molecule has 0 aliphatic heterocycles. The molecule has 0 aliphatic rings. The topological polar surface area (TPSA) is 26.0 Å². The molecule has 0 aliphatic carbocycles. The van der Waals surface area contributed by atoms with Gasteiger partial charge in [0.1, 0.15) is 0 Å². The summed E-state index contributed by atoms with van der Waals surface area (Å²) in [6, 6.07) is 0. The van der Waals surface area contributed by atoms with E-state index in [9.17, 15) is 4.39 Å². The van der Waals surface area contributed by atoms with E-state index in [1.807, 2.05) is 6.92 Å². The van der Waals surface area contributed by atoms with Crippen molar-refractivity contribution in [3.63, 3.8) is 0 Å². The van der Waals surface area contributed by atoms with Crippen LogP contribution in [0, 0.1) is 0 Å². The van der Waals surface area contributed by atoms with Crippen LogP contribution in [0.2, 0.25) is 0 Å². The minimum absolute atomic E-state index is 0.289. The number of nitrogens with two attached hydrogens (primary N) is 1. The van der Waals surface area contributed by atoms with Gasteiger partial charge in [-0.1, -0.05) is 6.92 Å². The molecule has 0 fully saturated rings. The lowest BCUT2D eigenvalue weighted by molar-refractivity contribution is 0.628. The van der Waals surface area contributed by atoms with E-state index < -0.39 is 5.95 Å². The van der Waals surface area contributed by atoms with E-state index in [1.54, 1.807) is 0 Å². The molecule has 0 spiro atoms. The zero-order valence-corrected chi connectivity index (χ0v) is 6.94. The fraction of sp³-hybridized carbons (Fsp3) is 0.600. The molecule has 54 valence electrons. The summed E-state index contributed by atoms with van der Waals surface area (Å²) in [6.45, 7) is 2.02. The Bertz CT molecular complexity index is 110. The zero-order chi connectivity index (χ0) is 7.28. The lowest BCUT2D eigenvalue weighted by atomic mass is 10.6. The van der Waals surface area contributed by atoms with Crippen LogP contribution in [-0.2, 0) is 0 Å². The second kappa shape index (κ2) is 4.99. The molecule has 0 aromatic rings. The first-order chi connectivity index (χ1) is 4.18. The summed E-state index contributed by atoms with van der Waals surface area (Å²) in [5.74, 6) is 0.181. The highest BCUT2D eigenvalue weighted by atomic mass is 32.2. The van der Waals surface area contributed by atoms with E-state index in [4.69, 9.17) is 5.73 Å². The second-order valence-electron chi connectivity index (χ2n) is 1.50. The van der Waals surface area contributed by atoms with Gasteiger partial charge in [0, 0.05) is 0 Å². The summed E-state index contributed by atoms with van der Waals surface area (Å²) in [7, 11) is 0. The van der Waals surface area contributed by atoms with Gasteiger partial charge < -0.3 is 5.73 Å². The van der Waals surface area contributed by atoms with Gasteiger partial charge in [-0.05, 0) is 12.2 Å². The van der Waals surface area contributed by atoms with E-state index >= 15 is 0 Å². The first-order valence-corrected chi connectivity index (χ1v) is 4.08. The van der Waals surface area contributed by atoms with Crippen molar-refractivity contribution in [3.8, 4) is 0 Å². The fourth-order valence-corrected chi connectivity index (χ4v) is 1.08. The summed E-state index contributed by atoms with van der Waals surface area (Å²) in [5, 5.41) is 0. The molecule has 2 N–H and O–H groups in total. The van der Waals surface area contributed by atoms with Crippen molar-refractivity contribution in [1.82, 2.24) is 0 Å². The van der Waals surface area contributed by atoms with Crippen LogP contribution >= 0.6 is 24.4 Å². The Labute approximate surface area is 64.3 Å². The van der Waals surface area contributed by atoms with Crippen LogP contribution in [0.5, 0.6) is 0 Å². The lowest BCUT2D eigenvalue weighted by Crippen LogP contribution is -1.90. The van der Waals surface area contributed by atoms with Gasteiger partial charge in [0.25, 0.3) is 0 Å². The summed E-state index contributed by atoms with van der Waals surface area (Å²) in [6.07, 6.45) is 1.00. The van der Waals surface area contributed by atoms with Crippen molar-refractivity contribution in [2.24, 2.45) is 5.73 Å². The lowest BCUT2D eigenvalue weighted by Gasteiger charge is -1.95. The van der Waals surface area contributed by atoms with Gasteiger partial charge in [-0.15, -0.1) is 24.4 Å². The van der Waals surface area contributed by atoms with Crippen molar-refractivity contribution >= 4 is 24.4 Å². The number of halogens is 1. The standard InChI is InChI=1S/C5H10FNS2/c1-2-3-9-5(8)4(6)7/h8H,2-3,7H2,1H3/b5-4-. The zero-order valence-electron chi connectivity index (χ0n) is 5.22. The molecule has 0 amide bonds. The van der Waals surface area contributed by atoms with Gasteiger partial charge in [0.2, 0.25) is 5.95 Å². The van der Waals surface area contributed by atoms with E-state index in [0.717, 1.165) is 12.2 Å². The van der Waals surface area contributed by atoms with E-state index in [0.29, 0.717) is 0 Å². The summed E-state index contributed by atoms with van der Waals surface area (Å²) in [5.41, 5.74) is 4.79. The number of hydrogen-bond acceptors (Lipinski definition) is 3. The van der Waals surface area contributed by atoms with Crippen LogP contribution in [0.1, 0.15) is 13.3 Å². The maximum Gasteiger partial charge on any atom is 0.204 e. The molecule has 0 heterocycles. The normalized spacial score (nSPS) is 13.2. The molecular formula is C5H10FNS2. The quantitative estimate of drug-likeness (QED) is 0.497. The van der Waals surface area contributed by atoms with Gasteiger partial charge in [-0.25, -0.2) is 0 Å². The third-order valence-corrected chi connectivity index (χ3v) is 2.33. The van der Waals surface area contributed by atoms with Crippen LogP contribution in [0.15, 0.2) is 10.2 Å². The molecule has 0 aromatic heterocycles. The third kappa shape index (κ3) is 4.66. The Morgan fingerprint density at radius 3 is 2.67 bits per heavy atom. The average Bonchev–Trinajstić information content (AvgIpc) is 1.82. The molecule has 4 heteroatoms. The monoisotopic (exact) mass is 167 g/mol. The highest BCUT2D eigenvalue weighted by molar-refractivity contribution is 8.15. The van der Waals surface area contributed by atoms with Gasteiger partial charge in [0.05, 0.1) is 4.24 Å². The Balaban J connectivity index is 3.50. The van der Waals surface area contributed by atoms with Crippen molar-refractivity contribution in [1.29, 1.82) is 0 Å². The molecule has 0 rings (SSSR count). The molecular weight excluding hydrogens is 157 g/mol. The number of thioether (sulfide) groups is 1. The molecule has 0 aromatic carbocycles. The predicted molar refractivity (Wildman–Crippen MR) is 44.1 cm³/mol. The van der Waals surface area contributed by atoms with E-state index in [1.165, 1.54) is 11.8 Å². The molecule has 0 bridgehead atoms. The molecule has 0 unspecified atom stereocenters. The first kappa shape index (κ1) is 9.17. The van der Waals surface area contributed by atoms with Crippen LogP contribution in [0.4, 0.5) is 4.39 Å². The van der Waals surface area contributed by atoms with Crippen LogP contribution in [0.25, 0.3) is 0 Å². The smallest absolute Gasteiger partial charge is 0.204 e. The fourth-order valence-electron chi connectivity index (χ4n) is 0.268. The highest BCUT2D eigenvalue weighted by Crippen LogP contribution is 2.22. The Morgan fingerprint density at radius 1 is 1.78 bits per heavy atom. The van der Waals surface area contributed by atoms with Crippen molar-refractivity contribution in [3.05, 3.63) is 10.2 Å². The third-order valence-electron chi connectivity index (χ3n) is 0.647. The Kier molecular flexibility index (Phi) is 5.09. The summed E-state index contributed by atoms with van der Waals surface area (Å²) >= 11 is 5.13. The number of thiol groups is 1. The van der Waals surface area contributed by atoms with Crippen LogP contribution in [0.3, 0.4) is 0 Å². The van der Waals surface area contributed by atoms with Crippen LogP contribution < -0.4 is 5.73 Å². The summed E-state index contributed by atoms with van der Waals surface area (Å²) in [4.78, 5) is 0. The van der Waals surface area contributed by atoms with Gasteiger partial charge in [0.15, 0.2) is 0 Å². The number of rotatable bonds is 3. The van der Waals surface area contributed by atoms with E-state index in [-0.39, 0.29) is 4.24 Å². The molecule has 0 atom stereocenters. The highest BCUT2D eigenvalue weighted by Gasteiger charge is 1.95. The first-order valence-electron chi connectivity index (χ1n) is 2.65. The van der Waals surface area contributed by atoms with Gasteiger partial charge >= 0.3 is 0 Å². The minimum Gasteiger partial charge on any atom is -0.374 e. The van der Waals surface area contributed by atoms with Gasteiger partial charge in [-0.3, -0.25) is 0 Å². The molecule has 1 nitrogen and oxygen atoms in total. The second-order valence-corrected chi connectivity index (χ2v) is 3.36. The largest absolute Gasteiger partial charge is 0.374 e. The maximum absolute atomic E-state index is 12.0. The SMILES string of the molecule is CCCS/C(S)=C(\N)F. The summed E-state index contributed by atoms with van der Waals surface area (Å²) < 4.78 is 12.3. The Hall–Kier alpha value is 0.170. The van der Waals surface area contributed by atoms with Crippen molar-refractivity contribution in [2.45, 2.75) is 13.3 Å². The van der Waals surface area contributed by atoms with Crippen molar-refractivity contribution < 1.29 is 4.39 Å². The van der Waals surface area contributed by atoms with Gasteiger partial charge in [-0.2, -0.15) is 4.39 Å². The Morgan fingerprint density at radius 2 is 2.33 bits per heavy atom. The average molecular weight is 167 g/mol. The molecule has 0 radical (unpaired) electrons. The van der Waals surface area contributed by atoms with E-state index in [2.05, 4.69) is 12.6 Å². The predicted octanol–water partition coefficient (Wildman–Crippen LogP) is 2.11. The number of hydrogen-bond donors (Lipinski definition) is 2. The maximum atomic E-state index is 12.0. The van der Waals surface area contributed by atoms with Crippen LogP contribution in [-0.4, -0.2) is 5.75 Å². The molecule has 0 saturated carbocycles. The minimum atomic E-state index is -0.684.